The topological polar surface area (TPSA) is 80.6 Å². The molecule has 0 aliphatic carbocycles. The second kappa shape index (κ2) is 7.81. The SMILES string of the molecule is COc1ccccc1NC(=O)c1c(O)c2sccc2n(Cc2ccccc2)c1=O. The number of fused-ring (bicyclic) bond motifs is 1. The molecule has 7 heteroatoms. The zero-order chi connectivity index (χ0) is 20.4. The van der Waals surface area contributed by atoms with Crippen molar-refractivity contribution in [2.24, 2.45) is 0 Å². The molecule has 0 bridgehead atoms. The Labute approximate surface area is 170 Å². The average molecular weight is 406 g/mol. The van der Waals surface area contributed by atoms with Crippen molar-refractivity contribution < 1.29 is 14.6 Å². The lowest BCUT2D eigenvalue weighted by Crippen LogP contribution is -2.30. The van der Waals surface area contributed by atoms with E-state index in [1.807, 2.05) is 30.3 Å². The van der Waals surface area contributed by atoms with Crippen molar-refractivity contribution in [3.05, 3.63) is 87.5 Å². The molecule has 0 spiro atoms. The number of amides is 1. The molecule has 146 valence electrons. The number of carbonyl (C=O) groups excluding carboxylic acids is 1. The number of anilines is 1. The molecule has 0 radical (unpaired) electrons. The number of rotatable bonds is 5. The first-order valence-corrected chi connectivity index (χ1v) is 9.79. The maximum absolute atomic E-state index is 13.2. The smallest absolute Gasteiger partial charge is 0.268 e. The zero-order valence-corrected chi connectivity index (χ0v) is 16.4. The minimum Gasteiger partial charge on any atom is -0.505 e. The van der Waals surface area contributed by atoms with Gasteiger partial charge in [0.1, 0.15) is 11.3 Å². The van der Waals surface area contributed by atoms with E-state index >= 15 is 0 Å². The number of aromatic hydroxyl groups is 1. The van der Waals surface area contributed by atoms with Crippen LogP contribution in [0.4, 0.5) is 5.69 Å². The number of benzene rings is 2. The molecule has 1 amide bonds. The lowest BCUT2D eigenvalue weighted by Gasteiger charge is -2.14. The van der Waals surface area contributed by atoms with Crippen LogP contribution in [0, 0.1) is 0 Å². The minimum absolute atomic E-state index is 0.290. The Hall–Kier alpha value is -3.58. The van der Waals surface area contributed by atoms with Gasteiger partial charge in [-0.15, -0.1) is 11.3 Å². The predicted molar refractivity (Wildman–Crippen MR) is 114 cm³/mol. The Bertz CT molecular complexity index is 1240. The fourth-order valence-electron chi connectivity index (χ4n) is 3.21. The van der Waals surface area contributed by atoms with Crippen molar-refractivity contribution in [2.75, 3.05) is 12.4 Å². The largest absolute Gasteiger partial charge is 0.505 e. The summed E-state index contributed by atoms with van der Waals surface area (Å²) in [6.07, 6.45) is 0. The maximum atomic E-state index is 13.2. The van der Waals surface area contributed by atoms with Crippen LogP contribution in [0.25, 0.3) is 10.2 Å². The van der Waals surface area contributed by atoms with E-state index in [-0.39, 0.29) is 11.3 Å². The number of pyridine rings is 1. The summed E-state index contributed by atoms with van der Waals surface area (Å²) in [7, 11) is 1.49. The molecule has 0 atom stereocenters. The summed E-state index contributed by atoms with van der Waals surface area (Å²) < 4.78 is 7.25. The van der Waals surface area contributed by atoms with Gasteiger partial charge in [-0.05, 0) is 29.1 Å². The normalized spacial score (nSPS) is 10.8. The molecule has 4 rings (SSSR count). The van der Waals surface area contributed by atoms with Crippen LogP contribution in [-0.4, -0.2) is 22.7 Å². The van der Waals surface area contributed by atoms with Crippen molar-refractivity contribution in [1.29, 1.82) is 0 Å². The third-order valence-electron chi connectivity index (χ3n) is 4.61. The number of hydrogen-bond donors (Lipinski definition) is 2. The molecule has 29 heavy (non-hydrogen) atoms. The molecule has 2 aromatic heterocycles. The Morgan fingerprint density at radius 3 is 2.59 bits per heavy atom. The highest BCUT2D eigenvalue weighted by molar-refractivity contribution is 7.17. The number of carbonyl (C=O) groups is 1. The zero-order valence-electron chi connectivity index (χ0n) is 15.6. The highest BCUT2D eigenvalue weighted by Crippen LogP contribution is 2.32. The third kappa shape index (κ3) is 3.48. The highest BCUT2D eigenvalue weighted by Gasteiger charge is 2.24. The Morgan fingerprint density at radius 2 is 1.83 bits per heavy atom. The quantitative estimate of drug-likeness (QED) is 0.523. The number of ether oxygens (including phenoxy) is 1. The van der Waals surface area contributed by atoms with Gasteiger partial charge in [-0.3, -0.25) is 9.59 Å². The Kier molecular flexibility index (Phi) is 5.05. The monoisotopic (exact) mass is 406 g/mol. The summed E-state index contributed by atoms with van der Waals surface area (Å²) in [5.74, 6) is -0.534. The molecule has 4 aromatic rings. The number of methoxy groups -OCH3 is 1. The number of aromatic nitrogens is 1. The van der Waals surface area contributed by atoms with Gasteiger partial charge < -0.3 is 19.7 Å². The third-order valence-corrected chi connectivity index (χ3v) is 5.52. The molecule has 0 aliphatic heterocycles. The lowest BCUT2D eigenvalue weighted by molar-refractivity contribution is 0.102. The highest BCUT2D eigenvalue weighted by atomic mass is 32.1. The first kappa shape index (κ1) is 18.8. The van der Waals surface area contributed by atoms with Gasteiger partial charge in [-0.1, -0.05) is 42.5 Å². The number of nitrogens with one attached hydrogen (secondary N) is 1. The van der Waals surface area contributed by atoms with Gasteiger partial charge in [0, 0.05) is 0 Å². The van der Waals surface area contributed by atoms with Crippen LogP contribution in [-0.2, 0) is 6.54 Å². The van der Waals surface area contributed by atoms with Crippen LogP contribution in [0.15, 0.2) is 70.8 Å². The van der Waals surface area contributed by atoms with Gasteiger partial charge in [0.05, 0.1) is 29.6 Å². The van der Waals surface area contributed by atoms with Gasteiger partial charge in [0.2, 0.25) is 0 Å². The summed E-state index contributed by atoms with van der Waals surface area (Å²) >= 11 is 1.28. The fourth-order valence-corrected chi connectivity index (χ4v) is 4.06. The van der Waals surface area contributed by atoms with Crippen LogP contribution in [0.3, 0.4) is 0 Å². The second-order valence-corrected chi connectivity index (χ2v) is 7.31. The van der Waals surface area contributed by atoms with E-state index in [2.05, 4.69) is 5.32 Å². The van der Waals surface area contributed by atoms with Gasteiger partial charge in [0.25, 0.3) is 11.5 Å². The van der Waals surface area contributed by atoms with Gasteiger partial charge in [0.15, 0.2) is 5.75 Å². The summed E-state index contributed by atoms with van der Waals surface area (Å²) in [5.41, 5.74) is 1.09. The number of para-hydroxylation sites is 2. The minimum atomic E-state index is -0.686. The van der Waals surface area contributed by atoms with Crippen molar-refractivity contribution in [3.8, 4) is 11.5 Å². The Balaban J connectivity index is 1.82. The van der Waals surface area contributed by atoms with Crippen molar-refractivity contribution in [1.82, 2.24) is 4.57 Å². The molecule has 6 nitrogen and oxygen atoms in total. The molecular formula is C22H18N2O4S. The lowest BCUT2D eigenvalue weighted by atomic mass is 10.1. The number of hydrogen-bond acceptors (Lipinski definition) is 5. The standard InChI is InChI=1S/C22H18N2O4S/c1-28-17-10-6-5-9-15(17)23-21(26)18-19(25)20-16(11-12-29-20)24(22(18)27)13-14-7-3-2-4-8-14/h2-12,25H,13H2,1H3,(H,23,26). The molecule has 0 unspecified atom stereocenters. The van der Waals surface area contributed by atoms with E-state index in [0.717, 1.165) is 5.56 Å². The Morgan fingerprint density at radius 1 is 1.10 bits per heavy atom. The predicted octanol–water partition coefficient (Wildman–Crippen LogP) is 4.08. The number of thiophene rings is 1. The first-order valence-electron chi connectivity index (χ1n) is 8.91. The molecule has 0 aliphatic rings. The van der Waals surface area contributed by atoms with E-state index in [1.165, 1.54) is 23.0 Å². The molecule has 0 saturated heterocycles. The van der Waals surface area contributed by atoms with Crippen LogP contribution in [0.2, 0.25) is 0 Å². The molecule has 0 fully saturated rings. The summed E-state index contributed by atoms with van der Waals surface area (Å²) in [4.78, 5) is 26.2. The summed E-state index contributed by atoms with van der Waals surface area (Å²) in [6, 6.07) is 18.2. The van der Waals surface area contributed by atoms with E-state index in [9.17, 15) is 14.7 Å². The molecular weight excluding hydrogens is 388 g/mol. The van der Waals surface area contributed by atoms with Crippen molar-refractivity contribution >= 4 is 33.1 Å². The number of nitrogens with zero attached hydrogens (tertiary/aromatic N) is 1. The van der Waals surface area contributed by atoms with Crippen LogP contribution < -0.4 is 15.6 Å². The van der Waals surface area contributed by atoms with Gasteiger partial charge in [-0.25, -0.2) is 0 Å². The van der Waals surface area contributed by atoms with E-state index < -0.39 is 11.5 Å². The van der Waals surface area contributed by atoms with Crippen molar-refractivity contribution in [2.45, 2.75) is 6.54 Å². The van der Waals surface area contributed by atoms with Crippen molar-refractivity contribution in [3.63, 3.8) is 0 Å². The molecule has 2 N–H and O–H groups in total. The average Bonchev–Trinajstić information content (AvgIpc) is 3.22. The molecule has 0 saturated carbocycles. The van der Waals surface area contributed by atoms with Gasteiger partial charge in [-0.2, -0.15) is 0 Å². The van der Waals surface area contributed by atoms with E-state index in [1.54, 1.807) is 35.7 Å². The fraction of sp³-hybridized carbons (Fsp3) is 0.0909. The maximum Gasteiger partial charge on any atom is 0.268 e. The van der Waals surface area contributed by atoms with Gasteiger partial charge >= 0.3 is 0 Å². The first-order chi connectivity index (χ1) is 14.1. The molecule has 2 heterocycles. The van der Waals surface area contributed by atoms with Crippen LogP contribution in [0.5, 0.6) is 11.5 Å². The summed E-state index contributed by atoms with van der Waals surface area (Å²) in [6.45, 7) is 0.294. The second-order valence-electron chi connectivity index (χ2n) is 6.39. The van der Waals surface area contributed by atoms with Crippen LogP contribution >= 0.6 is 11.3 Å². The summed E-state index contributed by atoms with van der Waals surface area (Å²) in [5, 5.41) is 15.1. The van der Waals surface area contributed by atoms with Crippen LogP contribution in [0.1, 0.15) is 15.9 Å². The van der Waals surface area contributed by atoms with E-state index in [4.69, 9.17) is 4.74 Å². The molecule has 2 aromatic carbocycles. The van der Waals surface area contributed by atoms with E-state index in [0.29, 0.717) is 28.2 Å².